The molecule has 0 heterocycles. The summed E-state index contributed by atoms with van der Waals surface area (Å²) in [4.78, 5) is 0. The van der Waals surface area contributed by atoms with E-state index in [0.717, 1.165) is 12.8 Å². The summed E-state index contributed by atoms with van der Waals surface area (Å²) >= 11 is 0. The third-order valence-electron chi connectivity index (χ3n) is 1.02. The quantitative estimate of drug-likeness (QED) is 0.554. The number of allylic oxidation sites excluding steroid dienone is 2. The van der Waals surface area contributed by atoms with Crippen LogP contribution in [0.1, 0.15) is 26.7 Å². The van der Waals surface area contributed by atoms with Crippen LogP contribution in [0.3, 0.4) is 0 Å². The Kier molecular flexibility index (Phi) is 4.67. The molecule has 0 unspecified atom stereocenters. The molecule has 0 amide bonds. The summed E-state index contributed by atoms with van der Waals surface area (Å²) in [5, 5.41) is 0. The van der Waals surface area contributed by atoms with E-state index in [9.17, 15) is 0 Å². The summed E-state index contributed by atoms with van der Waals surface area (Å²) in [5.74, 6) is 0. The van der Waals surface area contributed by atoms with E-state index in [1.54, 1.807) is 0 Å². The maximum absolute atomic E-state index is 5.50. The van der Waals surface area contributed by atoms with Gasteiger partial charge in [0, 0.05) is 6.04 Å². The van der Waals surface area contributed by atoms with E-state index >= 15 is 0 Å². The number of nitrogens with two attached hydrogens (primary N) is 1. The minimum atomic E-state index is 0.353. The van der Waals surface area contributed by atoms with Crippen LogP contribution < -0.4 is 5.73 Å². The molecule has 1 atom stereocenters. The molecule has 0 spiro atoms. The molecule has 0 aliphatic heterocycles. The highest BCUT2D eigenvalue weighted by Crippen LogP contribution is 1.93. The second-order valence-electron chi connectivity index (χ2n) is 2.12. The molecule has 8 heavy (non-hydrogen) atoms. The highest BCUT2D eigenvalue weighted by Gasteiger charge is 1.87. The zero-order valence-corrected chi connectivity index (χ0v) is 5.72. The molecule has 0 aromatic heterocycles. The van der Waals surface area contributed by atoms with Crippen LogP contribution in [0.2, 0.25) is 0 Å². The summed E-state index contributed by atoms with van der Waals surface area (Å²) < 4.78 is 0. The minimum absolute atomic E-state index is 0.353. The van der Waals surface area contributed by atoms with Crippen molar-refractivity contribution in [3.8, 4) is 0 Å². The van der Waals surface area contributed by atoms with Gasteiger partial charge < -0.3 is 5.73 Å². The van der Waals surface area contributed by atoms with Crippen molar-refractivity contribution in [1.82, 2.24) is 0 Å². The summed E-state index contributed by atoms with van der Waals surface area (Å²) in [7, 11) is 0. The van der Waals surface area contributed by atoms with Gasteiger partial charge in [-0.3, -0.25) is 0 Å². The number of hydrogen-bond acceptors (Lipinski definition) is 1. The van der Waals surface area contributed by atoms with Crippen LogP contribution in [0.5, 0.6) is 0 Å². The molecule has 1 nitrogen and oxygen atoms in total. The summed E-state index contributed by atoms with van der Waals surface area (Å²) in [6.45, 7) is 4.06. The Morgan fingerprint density at radius 3 is 2.62 bits per heavy atom. The van der Waals surface area contributed by atoms with Crippen LogP contribution in [0, 0.1) is 0 Å². The summed E-state index contributed by atoms with van der Waals surface area (Å²) in [5.41, 5.74) is 5.50. The van der Waals surface area contributed by atoms with Crippen LogP contribution >= 0.6 is 0 Å². The van der Waals surface area contributed by atoms with Gasteiger partial charge in [0.15, 0.2) is 0 Å². The van der Waals surface area contributed by atoms with Crippen molar-refractivity contribution in [1.29, 1.82) is 0 Å². The number of hydrogen-bond donors (Lipinski definition) is 1. The summed E-state index contributed by atoms with van der Waals surface area (Å²) in [6, 6.07) is 0.353. The Labute approximate surface area is 51.6 Å². The van der Waals surface area contributed by atoms with Crippen molar-refractivity contribution >= 4 is 0 Å². The fourth-order valence-electron chi connectivity index (χ4n) is 0.526. The predicted octanol–water partition coefficient (Wildman–Crippen LogP) is 1.69. The van der Waals surface area contributed by atoms with Gasteiger partial charge in [-0.25, -0.2) is 0 Å². The molecule has 0 aliphatic rings. The fraction of sp³-hybridized carbons (Fsp3) is 0.714. The smallest absolute Gasteiger partial charge is 0.00134 e. The lowest BCUT2D eigenvalue weighted by atomic mass is 10.2. The van der Waals surface area contributed by atoms with E-state index in [4.69, 9.17) is 5.73 Å². The largest absolute Gasteiger partial charge is 0.328 e. The molecular weight excluding hydrogens is 98.1 g/mol. The van der Waals surface area contributed by atoms with Gasteiger partial charge in [0.1, 0.15) is 0 Å². The second-order valence-corrected chi connectivity index (χ2v) is 2.12. The molecule has 0 aliphatic carbocycles. The Balaban J connectivity index is 2.93. The van der Waals surface area contributed by atoms with Crippen molar-refractivity contribution in [2.24, 2.45) is 5.73 Å². The van der Waals surface area contributed by atoms with Gasteiger partial charge in [0.2, 0.25) is 0 Å². The lowest BCUT2D eigenvalue weighted by Crippen LogP contribution is -2.13. The maximum atomic E-state index is 5.50. The average Bonchev–Trinajstić information content (AvgIpc) is 1.66. The topological polar surface area (TPSA) is 26.0 Å². The SMILES string of the molecule is C/C=C\CC[C@H](C)N. The second kappa shape index (κ2) is 4.85. The first-order valence-corrected chi connectivity index (χ1v) is 3.14. The van der Waals surface area contributed by atoms with Gasteiger partial charge in [-0.15, -0.1) is 0 Å². The zero-order valence-electron chi connectivity index (χ0n) is 5.72. The maximum Gasteiger partial charge on any atom is 0.00134 e. The first kappa shape index (κ1) is 7.70. The molecular formula is C7H15N. The third kappa shape index (κ3) is 5.70. The molecule has 0 radical (unpaired) electrons. The fourth-order valence-corrected chi connectivity index (χ4v) is 0.526. The van der Waals surface area contributed by atoms with Gasteiger partial charge in [0.05, 0.1) is 0 Å². The van der Waals surface area contributed by atoms with Gasteiger partial charge in [-0.05, 0) is 26.7 Å². The molecule has 2 N–H and O–H groups in total. The van der Waals surface area contributed by atoms with Crippen LogP contribution in [-0.2, 0) is 0 Å². The zero-order chi connectivity index (χ0) is 6.41. The van der Waals surface area contributed by atoms with Crippen LogP contribution in [-0.4, -0.2) is 6.04 Å². The Bertz CT molecular complexity index is 64.8. The number of rotatable bonds is 3. The van der Waals surface area contributed by atoms with E-state index in [1.807, 2.05) is 13.8 Å². The first-order chi connectivity index (χ1) is 3.77. The van der Waals surface area contributed by atoms with Crippen molar-refractivity contribution in [3.63, 3.8) is 0 Å². The van der Waals surface area contributed by atoms with Crippen molar-refractivity contribution in [2.45, 2.75) is 32.7 Å². The van der Waals surface area contributed by atoms with Crippen LogP contribution in [0.25, 0.3) is 0 Å². The molecule has 0 bridgehead atoms. The first-order valence-electron chi connectivity index (χ1n) is 3.14. The van der Waals surface area contributed by atoms with E-state index in [2.05, 4.69) is 12.2 Å². The van der Waals surface area contributed by atoms with Crippen molar-refractivity contribution < 1.29 is 0 Å². The van der Waals surface area contributed by atoms with Crippen molar-refractivity contribution in [3.05, 3.63) is 12.2 Å². The Hall–Kier alpha value is -0.300. The van der Waals surface area contributed by atoms with Gasteiger partial charge >= 0.3 is 0 Å². The molecule has 0 saturated heterocycles. The van der Waals surface area contributed by atoms with Gasteiger partial charge in [0.25, 0.3) is 0 Å². The lowest BCUT2D eigenvalue weighted by Gasteiger charge is -1.98. The predicted molar refractivity (Wildman–Crippen MR) is 37.7 cm³/mol. The standard InChI is InChI=1S/C7H15N/c1-3-4-5-6-7(2)8/h3-4,7H,5-6,8H2,1-2H3/b4-3-/t7-/m0/s1. The molecule has 0 saturated carbocycles. The molecule has 48 valence electrons. The van der Waals surface area contributed by atoms with Gasteiger partial charge in [-0.2, -0.15) is 0 Å². The average molecular weight is 113 g/mol. The van der Waals surface area contributed by atoms with Crippen LogP contribution in [0.15, 0.2) is 12.2 Å². The van der Waals surface area contributed by atoms with E-state index in [0.29, 0.717) is 6.04 Å². The molecule has 0 fully saturated rings. The molecule has 1 heteroatoms. The van der Waals surface area contributed by atoms with E-state index in [1.165, 1.54) is 0 Å². The Morgan fingerprint density at radius 2 is 2.25 bits per heavy atom. The van der Waals surface area contributed by atoms with E-state index in [-0.39, 0.29) is 0 Å². The van der Waals surface area contributed by atoms with Crippen molar-refractivity contribution in [2.75, 3.05) is 0 Å². The van der Waals surface area contributed by atoms with E-state index < -0.39 is 0 Å². The molecule has 0 aromatic carbocycles. The normalized spacial score (nSPS) is 14.9. The van der Waals surface area contributed by atoms with Crippen LogP contribution in [0.4, 0.5) is 0 Å². The summed E-state index contributed by atoms with van der Waals surface area (Å²) in [6.07, 6.45) is 6.42. The third-order valence-corrected chi connectivity index (χ3v) is 1.02. The Morgan fingerprint density at radius 1 is 1.62 bits per heavy atom. The lowest BCUT2D eigenvalue weighted by molar-refractivity contribution is 0.676. The highest BCUT2D eigenvalue weighted by molar-refractivity contribution is 4.77. The minimum Gasteiger partial charge on any atom is -0.328 e. The molecule has 0 aromatic rings. The monoisotopic (exact) mass is 113 g/mol. The van der Waals surface area contributed by atoms with Gasteiger partial charge in [-0.1, -0.05) is 12.2 Å². The molecule has 0 rings (SSSR count). The highest BCUT2D eigenvalue weighted by atomic mass is 14.6.